The Labute approximate surface area is 117 Å². The van der Waals surface area contributed by atoms with Gasteiger partial charge in [0.2, 0.25) is 5.91 Å². The number of carbonyl (C=O) groups excluding carboxylic acids is 1. The molecule has 0 fully saturated rings. The summed E-state index contributed by atoms with van der Waals surface area (Å²) in [6, 6.07) is 11.0. The molecule has 2 rings (SSSR count). The second kappa shape index (κ2) is 7.04. The van der Waals surface area contributed by atoms with Crippen LogP contribution in [0.5, 0.6) is 5.75 Å². The average Bonchev–Trinajstić information content (AvgIpc) is 2.49. The highest BCUT2D eigenvalue weighted by atomic mass is 16.5. The molecule has 20 heavy (non-hydrogen) atoms. The third kappa shape index (κ3) is 4.20. The first-order chi connectivity index (χ1) is 9.78. The summed E-state index contributed by atoms with van der Waals surface area (Å²) in [6.45, 7) is 0. The van der Waals surface area contributed by atoms with Gasteiger partial charge in [-0.05, 0) is 23.8 Å². The lowest BCUT2D eigenvalue weighted by atomic mass is 10.1. The Balaban J connectivity index is 1.84. The van der Waals surface area contributed by atoms with Crippen LogP contribution in [0.15, 0.2) is 53.9 Å². The molecule has 0 spiro atoms. The Morgan fingerprint density at radius 2 is 2.15 bits per heavy atom. The fraction of sp³-hybridized carbons (Fsp3) is 0.133. The van der Waals surface area contributed by atoms with Gasteiger partial charge in [0.05, 0.1) is 19.7 Å². The van der Waals surface area contributed by atoms with Crippen molar-refractivity contribution >= 4 is 12.1 Å². The van der Waals surface area contributed by atoms with Crippen LogP contribution < -0.4 is 10.2 Å². The molecule has 0 radical (unpaired) electrons. The number of carbonyl (C=O) groups is 1. The molecule has 1 aromatic carbocycles. The Morgan fingerprint density at radius 1 is 1.35 bits per heavy atom. The number of aromatic nitrogens is 1. The zero-order chi connectivity index (χ0) is 14.2. The zero-order valence-corrected chi connectivity index (χ0v) is 11.1. The topological polar surface area (TPSA) is 63.6 Å². The van der Waals surface area contributed by atoms with Gasteiger partial charge in [0.1, 0.15) is 5.75 Å². The van der Waals surface area contributed by atoms with Crippen molar-refractivity contribution in [3.05, 3.63) is 59.9 Å². The number of amides is 1. The second-order valence-electron chi connectivity index (χ2n) is 4.10. The normalized spacial score (nSPS) is 10.4. The smallest absolute Gasteiger partial charge is 0.244 e. The van der Waals surface area contributed by atoms with E-state index in [1.807, 2.05) is 30.3 Å². The molecular weight excluding hydrogens is 254 g/mol. The summed E-state index contributed by atoms with van der Waals surface area (Å²) in [5.74, 6) is 0.596. The van der Waals surface area contributed by atoms with E-state index in [0.717, 1.165) is 16.9 Å². The van der Waals surface area contributed by atoms with Crippen LogP contribution in [0.3, 0.4) is 0 Å². The van der Waals surface area contributed by atoms with Crippen LogP contribution in [-0.2, 0) is 11.2 Å². The number of hydrogen-bond acceptors (Lipinski definition) is 4. The van der Waals surface area contributed by atoms with E-state index in [0.29, 0.717) is 0 Å². The molecule has 0 aliphatic rings. The lowest BCUT2D eigenvalue weighted by molar-refractivity contribution is -0.120. The van der Waals surface area contributed by atoms with Crippen LogP contribution in [0, 0.1) is 0 Å². The van der Waals surface area contributed by atoms with Crippen LogP contribution in [0.25, 0.3) is 0 Å². The van der Waals surface area contributed by atoms with Crippen LogP contribution in [0.2, 0.25) is 0 Å². The van der Waals surface area contributed by atoms with Gasteiger partial charge >= 0.3 is 0 Å². The number of hydrazone groups is 1. The highest BCUT2D eigenvalue weighted by molar-refractivity contribution is 5.82. The van der Waals surface area contributed by atoms with Crippen molar-refractivity contribution in [2.45, 2.75) is 6.42 Å². The summed E-state index contributed by atoms with van der Waals surface area (Å²) in [7, 11) is 1.61. The quantitative estimate of drug-likeness (QED) is 0.664. The maximum absolute atomic E-state index is 11.7. The fourth-order valence-corrected chi connectivity index (χ4v) is 1.60. The van der Waals surface area contributed by atoms with Crippen molar-refractivity contribution in [2.75, 3.05) is 7.11 Å². The van der Waals surface area contributed by atoms with Crippen LogP contribution in [0.4, 0.5) is 0 Å². The van der Waals surface area contributed by atoms with E-state index in [-0.39, 0.29) is 12.3 Å². The van der Waals surface area contributed by atoms with Crippen molar-refractivity contribution < 1.29 is 9.53 Å². The van der Waals surface area contributed by atoms with Crippen LogP contribution in [-0.4, -0.2) is 24.2 Å². The van der Waals surface area contributed by atoms with Crippen molar-refractivity contribution in [2.24, 2.45) is 5.10 Å². The van der Waals surface area contributed by atoms with E-state index in [1.165, 1.54) is 0 Å². The van der Waals surface area contributed by atoms with Crippen molar-refractivity contribution in [3.8, 4) is 5.75 Å². The number of benzene rings is 1. The van der Waals surface area contributed by atoms with Gasteiger partial charge in [-0.15, -0.1) is 0 Å². The summed E-state index contributed by atoms with van der Waals surface area (Å²) >= 11 is 0. The summed E-state index contributed by atoms with van der Waals surface area (Å²) in [4.78, 5) is 15.6. The highest BCUT2D eigenvalue weighted by Crippen LogP contribution is 2.11. The van der Waals surface area contributed by atoms with Gasteiger partial charge in [0.25, 0.3) is 0 Å². The maximum Gasteiger partial charge on any atom is 0.244 e. The van der Waals surface area contributed by atoms with Crippen molar-refractivity contribution in [1.82, 2.24) is 10.4 Å². The van der Waals surface area contributed by atoms with Crippen LogP contribution >= 0.6 is 0 Å². The summed E-state index contributed by atoms with van der Waals surface area (Å²) < 4.78 is 5.06. The summed E-state index contributed by atoms with van der Waals surface area (Å²) in [5, 5.41) is 3.88. The molecular formula is C15H15N3O2. The van der Waals surface area contributed by atoms with E-state index in [9.17, 15) is 4.79 Å². The third-order valence-electron chi connectivity index (χ3n) is 2.61. The predicted octanol–water partition coefficient (Wildman–Crippen LogP) is 1.78. The minimum atomic E-state index is -0.171. The summed E-state index contributed by atoms with van der Waals surface area (Å²) in [5.41, 5.74) is 4.21. The first kappa shape index (κ1) is 13.7. The van der Waals surface area contributed by atoms with E-state index in [2.05, 4.69) is 15.5 Å². The maximum atomic E-state index is 11.7. The monoisotopic (exact) mass is 269 g/mol. The third-order valence-corrected chi connectivity index (χ3v) is 2.61. The molecule has 0 unspecified atom stereocenters. The molecule has 1 aromatic heterocycles. The van der Waals surface area contributed by atoms with E-state index >= 15 is 0 Å². The molecule has 102 valence electrons. The summed E-state index contributed by atoms with van der Waals surface area (Å²) in [6.07, 6.45) is 5.17. The molecule has 0 atom stereocenters. The number of hydrogen-bond donors (Lipinski definition) is 1. The first-order valence-corrected chi connectivity index (χ1v) is 6.13. The Hall–Kier alpha value is -2.69. The van der Waals surface area contributed by atoms with E-state index < -0.39 is 0 Å². The average molecular weight is 269 g/mol. The molecule has 0 aliphatic heterocycles. The molecule has 0 saturated carbocycles. The van der Waals surface area contributed by atoms with Gasteiger partial charge in [-0.25, -0.2) is 5.43 Å². The number of nitrogens with one attached hydrogen (secondary N) is 1. The molecule has 0 bridgehead atoms. The lowest BCUT2D eigenvalue weighted by Crippen LogP contribution is -2.19. The number of pyridine rings is 1. The number of ether oxygens (including phenoxy) is 1. The van der Waals surface area contributed by atoms with Gasteiger partial charge in [0.15, 0.2) is 0 Å². The standard InChI is InChI=1S/C15H15N3O2/c1-20-14-6-4-12(5-7-14)9-15(19)18-17-11-13-3-2-8-16-10-13/h2-8,10-11H,9H2,1H3,(H,18,19). The molecule has 0 saturated heterocycles. The Bertz CT molecular complexity index is 580. The SMILES string of the molecule is COc1ccc(CC(=O)NN=Cc2cccnc2)cc1. The van der Waals surface area contributed by atoms with E-state index in [4.69, 9.17) is 4.74 Å². The number of rotatable bonds is 5. The molecule has 2 aromatic rings. The van der Waals surface area contributed by atoms with Crippen molar-refractivity contribution in [1.29, 1.82) is 0 Å². The number of methoxy groups -OCH3 is 1. The van der Waals surface area contributed by atoms with Crippen molar-refractivity contribution in [3.63, 3.8) is 0 Å². The van der Waals surface area contributed by atoms with Crippen LogP contribution in [0.1, 0.15) is 11.1 Å². The fourth-order valence-electron chi connectivity index (χ4n) is 1.60. The van der Waals surface area contributed by atoms with Gasteiger partial charge in [-0.1, -0.05) is 18.2 Å². The molecule has 0 aliphatic carbocycles. The van der Waals surface area contributed by atoms with Gasteiger partial charge in [-0.3, -0.25) is 9.78 Å². The minimum absolute atomic E-state index is 0.171. The Kier molecular flexibility index (Phi) is 4.83. The minimum Gasteiger partial charge on any atom is -0.497 e. The molecule has 5 heteroatoms. The highest BCUT2D eigenvalue weighted by Gasteiger charge is 2.02. The predicted molar refractivity (Wildman–Crippen MR) is 76.7 cm³/mol. The molecule has 1 heterocycles. The lowest BCUT2D eigenvalue weighted by Gasteiger charge is -2.02. The first-order valence-electron chi connectivity index (χ1n) is 6.13. The molecule has 5 nitrogen and oxygen atoms in total. The van der Waals surface area contributed by atoms with Gasteiger partial charge in [-0.2, -0.15) is 5.10 Å². The number of nitrogens with zero attached hydrogens (tertiary/aromatic N) is 2. The van der Waals surface area contributed by atoms with Gasteiger partial charge < -0.3 is 4.74 Å². The molecule has 1 amide bonds. The second-order valence-corrected chi connectivity index (χ2v) is 4.10. The zero-order valence-electron chi connectivity index (χ0n) is 11.1. The molecule has 1 N–H and O–H groups in total. The largest absolute Gasteiger partial charge is 0.497 e. The Morgan fingerprint density at radius 3 is 2.80 bits per heavy atom. The van der Waals surface area contributed by atoms with Gasteiger partial charge in [0, 0.05) is 18.0 Å². The van der Waals surface area contributed by atoms with E-state index in [1.54, 1.807) is 31.8 Å².